The lowest BCUT2D eigenvalue weighted by molar-refractivity contribution is -0.146. The molecule has 2 aliphatic carbocycles. The van der Waals surface area contributed by atoms with Crippen LogP contribution in [0.25, 0.3) is 0 Å². The van der Waals surface area contributed by atoms with Crippen LogP contribution in [0.1, 0.15) is 125 Å². The lowest BCUT2D eigenvalue weighted by Gasteiger charge is -2.44. The second kappa shape index (κ2) is 17.1. The number of Topliss-reactive ketones (excluding diaryl/α,β-unsaturated/α-hetero) is 1. The van der Waals surface area contributed by atoms with Gasteiger partial charge in [-0.05, 0) is 78.6 Å². The van der Waals surface area contributed by atoms with Crippen molar-refractivity contribution >= 4 is 39.4 Å². The third-order valence-electron chi connectivity index (χ3n) is 12.0. The summed E-state index contributed by atoms with van der Waals surface area (Å²) in [4.78, 5) is 70.9. The number of carbonyl (C=O) groups is 5. The lowest BCUT2D eigenvalue weighted by atomic mass is 9.70. The van der Waals surface area contributed by atoms with E-state index in [9.17, 15) is 27.6 Å². The standard InChI is InChI=1S/C40H63N5O8S/c1-9-11-18-28(31(46)34(48)41-23-10-2)42-33(47)30-27-24-38(6,7)53-29(27)25-45(30)35(49)32(39(8)19-14-12-15-20-39)43-36(50)44-40(21-16-13-17-22-40)26-54(51,52)37(3,4)5/h1,10,27-30,32H,2,11-26H2,3-8H3,(H,41,48)(H,42,47)(H2,43,44,50)/t27-,28?,29?,30-,32+/m0/s1. The summed E-state index contributed by atoms with van der Waals surface area (Å²) in [5, 5.41) is 11.3. The molecule has 54 heavy (non-hydrogen) atoms. The normalized spacial score (nSPS) is 25.6. The number of carbonyl (C=O) groups excluding carboxylic acids is 5. The van der Waals surface area contributed by atoms with E-state index in [0.29, 0.717) is 32.1 Å². The van der Waals surface area contributed by atoms with Crippen molar-refractivity contribution < 1.29 is 37.1 Å². The van der Waals surface area contributed by atoms with E-state index in [0.717, 1.165) is 38.5 Å². The first-order valence-corrected chi connectivity index (χ1v) is 21.3. The van der Waals surface area contributed by atoms with Crippen LogP contribution in [0.15, 0.2) is 12.7 Å². The van der Waals surface area contributed by atoms with Crippen LogP contribution in [0.4, 0.5) is 4.79 Å². The van der Waals surface area contributed by atoms with Gasteiger partial charge in [0.2, 0.25) is 17.6 Å². The van der Waals surface area contributed by atoms with Crippen molar-refractivity contribution in [2.75, 3.05) is 18.8 Å². The number of nitrogens with one attached hydrogen (secondary N) is 4. The quantitative estimate of drug-likeness (QED) is 0.117. The molecule has 4 rings (SSSR count). The van der Waals surface area contributed by atoms with Gasteiger partial charge in [0.25, 0.3) is 5.91 Å². The van der Waals surface area contributed by atoms with Crippen LogP contribution in [0.5, 0.6) is 0 Å². The van der Waals surface area contributed by atoms with Gasteiger partial charge >= 0.3 is 6.03 Å². The third-order valence-corrected chi connectivity index (χ3v) is 14.8. The Morgan fingerprint density at radius 1 is 0.981 bits per heavy atom. The number of likely N-dealkylation sites (tertiary alicyclic amines) is 1. The van der Waals surface area contributed by atoms with Crippen molar-refractivity contribution in [3.05, 3.63) is 12.7 Å². The molecule has 2 aliphatic heterocycles. The van der Waals surface area contributed by atoms with Gasteiger partial charge < -0.3 is 30.9 Å². The van der Waals surface area contributed by atoms with Gasteiger partial charge in [-0.15, -0.1) is 18.9 Å². The van der Waals surface area contributed by atoms with Gasteiger partial charge in [0.1, 0.15) is 12.1 Å². The number of amides is 5. The molecule has 0 bridgehead atoms. The molecule has 4 N–H and O–H groups in total. The van der Waals surface area contributed by atoms with Gasteiger partial charge in [0.15, 0.2) is 9.84 Å². The fourth-order valence-electron chi connectivity index (χ4n) is 8.87. The largest absolute Gasteiger partial charge is 0.370 e. The Morgan fingerprint density at radius 3 is 2.17 bits per heavy atom. The summed E-state index contributed by atoms with van der Waals surface area (Å²) in [7, 11) is -3.60. The summed E-state index contributed by atoms with van der Waals surface area (Å²) < 4.78 is 32.3. The fraction of sp³-hybridized carbons (Fsp3) is 0.775. The zero-order valence-electron chi connectivity index (χ0n) is 33.2. The highest BCUT2D eigenvalue weighted by molar-refractivity contribution is 7.92. The number of hydrogen-bond donors (Lipinski definition) is 4. The molecule has 2 saturated heterocycles. The molecular weight excluding hydrogens is 711 g/mol. The molecule has 5 atom stereocenters. The van der Waals surface area contributed by atoms with E-state index in [1.165, 1.54) is 11.0 Å². The Labute approximate surface area is 322 Å². The summed E-state index contributed by atoms with van der Waals surface area (Å²) in [5.41, 5.74) is -2.21. The van der Waals surface area contributed by atoms with Crippen molar-refractivity contribution in [3.8, 4) is 12.3 Å². The summed E-state index contributed by atoms with van der Waals surface area (Å²) >= 11 is 0. The minimum atomic E-state index is -3.60. The monoisotopic (exact) mass is 773 g/mol. The van der Waals surface area contributed by atoms with Gasteiger partial charge in [-0.2, -0.15) is 0 Å². The fourth-order valence-corrected chi connectivity index (χ4v) is 10.4. The molecule has 2 heterocycles. The molecule has 0 aromatic carbocycles. The second-order valence-corrected chi connectivity index (χ2v) is 20.6. The van der Waals surface area contributed by atoms with Crippen LogP contribution in [0.2, 0.25) is 0 Å². The zero-order valence-corrected chi connectivity index (χ0v) is 34.0. The highest BCUT2D eigenvalue weighted by Crippen LogP contribution is 2.45. The minimum Gasteiger partial charge on any atom is -0.370 e. The molecule has 2 saturated carbocycles. The van der Waals surface area contributed by atoms with Crippen LogP contribution in [-0.2, 0) is 33.8 Å². The van der Waals surface area contributed by atoms with Crippen LogP contribution in [0.3, 0.4) is 0 Å². The second-order valence-electron chi connectivity index (χ2n) is 17.8. The highest BCUT2D eigenvalue weighted by Gasteiger charge is 2.57. The molecule has 14 heteroatoms. The highest BCUT2D eigenvalue weighted by atomic mass is 32.2. The minimum absolute atomic E-state index is 0.0223. The van der Waals surface area contributed by atoms with Crippen LogP contribution in [0, 0.1) is 23.7 Å². The Kier molecular flexibility index (Phi) is 13.7. The summed E-state index contributed by atoms with van der Waals surface area (Å²) in [5.74, 6) is -0.940. The van der Waals surface area contributed by atoms with Gasteiger partial charge in [0.05, 0.1) is 33.8 Å². The van der Waals surface area contributed by atoms with E-state index >= 15 is 4.79 Å². The first-order chi connectivity index (χ1) is 25.2. The molecule has 4 aliphatic rings. The van der Waals surface area contributed by atoms with Crippen LogP contribution >= 0.6 is 0 Å². The van der Waals surface area contributed by atoms with Crippen molar-refractivity contribution in [1.82, 2.24) is 26.2 Å². The average molecular weight is 774 g/mol. The van der Waals surface area contributed by atoms with E-state index in [2.05, 4.69) is 33.8 Å². The SMILES string of the molecule is C#CCCC(NC(=O)[C@@H]1[C@H]2CC(C)(C)OC2CN1C(=O)[C@@H](NC(=O)NC1(CS(=O)(=O)C(C)(C)C)CCCCC1)C1(C)CCCCC1)C(=O)C(=O)NCC=C. The Bertz CT molecular complexity index is 1580. The maximum atomic E-state index is 15.0. The Hall–Kier alpha value is -3.44. The molecule has 0 radical (unpaired) electrons. The first-order valence-electron chi connectivity index (χ1n) is 19.6. The van der Waals surface area contributed by atoms with Crippen molar-refractivity contribution in [2.24, 2.45) is 11.3 Å². The first kappa shape index (κ1) is 43.3. The predicted octanol–water partition coefficient (Wildman–Crippen LogP) is 3.70. The zero-order chi connectivity index (χ0) is 40.1. The van der Waals surface area contributed by atoms with E-state index < -0.39 is 90.8 Å². The number of terminal acetylenes is 1. The number of hydrogen-bond acceptors (Lipinski definition) is 8. The van der Waals surface area contributed by atoms with Gasteiger partial charge in [-0.1, -0.05) is 51.5 Å². The number of rotatable bonds is 14. The number of ether oxygens (including phenoxy) is 1. The summed E-state index contributed by atoms with van der Waals surface area (Å²) in [6.45, 7) is 14.5. The molecule has 0 aromatic heterocycles. The Morgan fingerprint density at radius 2 is 1.59 bits per heavy atom. The number of ketones is 1. The van der Waals surface area contributed by atoms with Crippen LogP contribution < -0.4 is 21.3 Å². The van der Waals surface area contributed by atoms with Gasteiger partial charge in [-0.25, -0.2) is 13.2 Å². The molecule has 0 aromatic rings. The Balaban J connectivity index is 1.66. The average Bonchev–Trinajstić information content (AvgIpc) is 3.58. The van der Waals surface area contributed by atoms with E-state index in [1.807, 2.05) is 20.8 Å². The molecular formula is C40H63N5O8S. The van der Waals surface area contributed by atoms with Gasteiger partial charge in [-0.3, -0.25) is 19.2 Å². The number of urea groups is 1. The number of nitrogens with zero attached hydrogens (tertiary/aromatic N) is 1. The van der Waals surface area contributed by atoms with E-state index in [4.69, 9.17) is 11.2 Å². The number of sulfone groups is 1. The smallest absolute Gasteiger partial charge is 0.315 e. The van der Waals surface area contributed by atoms with Crippen molar-refractivity contribution in [1.29, 1.82) is 0 Å². The van der Waals surface area contributed by atoms with E-state index in [1.54, 1.807) is 20.8 Å². The van der Waals surface area contributed by atoms with Crippen LogP contribution in [-0.4, -0.2) is 102 Å². The lowest BCUT2D eigenvalue weighted by Crippen LogP contribution is -2.64. The third kappa shape index (κ3) is 10.0. The number of fused-ring (bicyclic) bond motifs is 1. The van der Waals surface area contributed by atoms with Crippen molar-refractivity contribution in [3.63, 3.8) is 0 Å². The maximum absolute atomic E-state index is 15.0. The topological polar surface area (TPSA) is 180 Å². The van der Waals surface area contributed by atoms with E-state index in [-0.39, 0.29) is 31.7 Å². The molecule has 5 amide bonds. The maximum Gasteiger partial charge on any atom is 0.315 e. The molecule has 0 spiro atoms. The summed E-state index contributed by atoms with van der Waals surface area (Å²) in [6.07, 6.45) is 14.6. The molecule has 13 nitrogen and oxygen atoms in total. The summed E-state index contributed by atoms with van der Waals surface area (Å²) in [6, 6.07) is -3.93. The molecule has 302 valence electrons. The molecule has 2 unspecified atom stereocenters. The van der Waals surface area contributed by atoms with Gasteiger partial charge in [0, 0.05) is 25.4 Å². The van der Waals surface area contributed by atoms with Crippen molar-refractivity contribution in [2.45, 2.75) is 165 Å². The predicted molar refractivity (Wildman–Crippen MR) is 207 cm³/mol. The molecule has 4 fully saturated rings.